The lowest BCUT2D eigenvalue weighted by Gasteiger charge is -2.55. The van der Waals surface area contributed by atoms with Crippen LogP contribution in [0.3, 0.4) is 0 Å². The van der Waals surface area contributed by atoms with Crippen LogP contribution in [-0.2, 0) is 57.9 Å². The van der Waals surface area contributed by atoms with Crippen molar-refractivity contribution in [3.63, 3.8) is 0 Å². The molecule has 4 aromatic rings. The molecule has 8 saturated heterocycles. The predicted octanol–water partition coefficient (Wildman–Crippen LogP) is 8.65. The molecule has 2 aliphatic carbocycles. The van der Waals surface area contributed by atoms with Gasteiger partial charge in [-0.25, -0.2) is 38.5 Å². The van der Waals surface area contributed by atoms with Gasteiger partial charge < -0.3 is 20.7 Å². The lowest BCUT2D eigenvalue weighted by atomic mass is 9.72. The van der Waals surface area contributed by atoms with Gasteiger partial charge in [-0.05, 0) is 167 Å². The van der Waals surface area contributed by atoms with Gasteiger partial charge in [0.2, 0.25) is 40.1 Å². The first-order valence-electron chi connectivity index (χ1n) is 32.2. The number of sulfonamides is 4. The van der Waals surface area contributed by atoms with Crippen LogP contribution in [0.4, 0.5) is 27.5 Å². The quantitative estimate of drug-likeness (QED) is 0.0842. The fraction of sp³-hybridized carbons (Fsp3) is 0.585. The maximum absolute atomic E-state index is 13.7. The van der Waals surface area contributed by atoms with Crippen molar-refractivity contribution in [3.8, 4) is 0 Å². The summed E-state index contributed by atoms with van der Waals surface area (Å²) in [7, 11) is -11.7. The number of anilines is 4. The van der Waals surface area contributed by atoms with Crippen LogP contribution in [0.25, 0.3) is 0 Å². The molecule has 4 atom stereocenters. The fourth-order valence-electron chi connectivity index (χ4n) is 14.4. The van der Waals surface area contributed by atoms with Crippen molar-refractivity contribution in [2.24, 2.45) is 23.7 Å². The van der Waals surface area contributed by atoms with E-state index in [1.165, 1.54) is 83.3 Å². The van der Waals surface area contributed by atoms with Crippen molar-refractivity contribution in [2.45, 2.75) is 150 Å². The van der Waals surface area contributed by atoms with Crippen LogP contribution in [0, 0.1) is 23.7 Å². The zero-order chi connectivity index (χ0) is 65.0. The van der Waals surface area contributed by atoms with E-state index in [9.17, 15) is 48.1 Å². The number of rotatable bonds is 18. The van der Waals surface area contributed by atoms with E-state index in [2.05, 4.69) is 25.8 Å². The molecule has 0 aromatic heterocycles. The summed E-state index contributed by atoms with van der Waals surface area (Å²) in [6.45, 7) is 12.1. The summed E-state index contributed by atoms with van der Waals surface area (Å²) in [6, 6.07) is 23.9. The molecule has 512 valence electrons. The molecule has 2 unspecified atom stereocenters. The van der Waals surface area contributed by atoms with E-state index in [1.807, 2.05) is 37.8 Å². The molecule has 3 N–H and O–H groups in total. The summed E-state index contributed by atoms with van der Waals surface area (Å²) in [6.07, 6.45) is 15.3. The van der Waals surface area contributed by atoms with E-state index in [1.54, 1.807) is 57.1 Å². The molecule has 2 saturated carbocycles. The molecule has 0 radical (unpaired) electrons. The first kappa shape index (κ1) is 72.1. The first-order valence-corrected chi connectivity index (χ1v) is 38.7. The van der Waals surface area contributed by atoms with Crippen molar-refractivity contribution >= 4 is 106 Å². The van der Waals surface area contributed by atoms with E-state index in [0.29, 0.717) is 87.7 Å². The van der Waals surface area contributed by atoms with Crippen LogP contribution in [0.5, 0.6) is 0 Å². The summed E-state index contributed by atoms with van der Waals surface area (Å²) in [5.41, 5.74) is 2.94. The maximum atomic E-state index is 13.7. The molecule has 93 heavy (non-hydrogen) atoms. The van der Waals surface area contributed by atoms with Crippen molar-refractivity contribution in [1.82, 2.24) is 28.6 Å². The standard InChI is InChI=1S/C35H49N5O7S2.C30H41N5O5S2.2ClH/c1-35(2,3)47-34(42)40-28-20-29(40)23-38(22-28)21-24-9-14-32(37(4)48(5,43)44)31(19-24)33(41)36-27-10-12-30(13-11-27)49(45,46)39-17-15-26(16-18-39)25-7-6-8-25;1-33(41(2,37)38)29-11-6-21(18-34-19-25-17-26(20-34)31-25)16-28(29)30(36)32-24-7-9-27(10-8-24)42(39,40)35-14-12-23(13-15-35)22-4-3-5-22;;/h9-14,19,25-26,28-29H,6-8,15-18,20-23H2,1-5H3,(H,36,41);6-11,16,22-23,25-26,31H,3-5,12-15,17-20H2,1-2H3,(H,32,36);2*1H/t;25-,26+;;. The van der Waals surface area contributed by atoms with E-state index < -0.39 is 57.5 Å². The normalized spacial score (nSPS) is 22.8. The van der Waals surface area contributed by atoms with E-state index >= 15 is 0 Å². The Hall–Kier alpha value is -5.13. The highest BCUT2D eigenvalue weighted by molar-refractivity contribution is 7.92. The molecule has 10 aliphatic rings. The number of halogens is 2. The number of amides is 3. The third-order valence-corrected chi connectivity index (χ3v) is 26.3. The number of carbonyl (C=O) groups is 3. The largest absolute Gasteiger partial charge is 0.444 e. The molecule has 3 amide bonds. The minimum absolute atomic E-state index is 0. The summed E-state index contributed by atoms with van der Waals surface area (Å²) in [5, 5.41) is 9.20. The SMILES string of the molecule is CN(c1ccc(CN2CC3CC(C2)N3C(=O)OC(C)(C)C)cc1C(=O)Nc1ccc(S(=O)(=O)N2CCC(C3CCC3)CC2)cc1)S(C)(=O)=O.CN(c1ccc(CN2C[C@H]3C[C@@H](C2)N3)cc1C(=O)Nc1ccc(S(=O)(=O)N2CCC(C3CCC3)CC2)cc1)S(C)(=O)=O.Cl.Cl. The molecule has 4 aromatic carbocycles. The van der Waals surface area contributed by atoms with Crippen LogP contribution in [0.1, 0.15) is 130 Å². The molecule has 0 spiro atoms. The number of piperazine rings is 2. The lowest BCUT2D eigenvalue weighted by Crippen LogP contribution is -2.70. The van der Waals surface area contributed by atoms with Crippen molar-refractivity contribution < 1.29 is 52.8 Å². The zero-order valence-corrected chi connectivity index (χ0v) is 59.1. The molecular formula is C65H92Cl2N10O12S4. The smallest absolute Gasteiger partial charge is 0.410 e. The first-order chi connectivity index (χ1) is 43.0. The van der Waals surface area contributed by atoms with Crippen molar-refractivity contribution in [1.29, 1.82) is 0 Å². The van der Waals surface area contributed by atoms with Crippen LogP contribution in [-0.4, -0.2) is 184 Å². The van der Waals surface area contributed by atoms with Gasteiger partial charge in [0, 0.05) is 103 Å². The average molecular weight is 1400 g/mol. The fourth-order valence-corrected chi connectivity index (χ4v) is 18.4. The van der Waals surface area contributed by atoms with Gasteiger partial charge in [-0.3, -0.25) is 32.9 Å². The van der Waals surface area contributed by atoms with Gasteiger partial charge in [0.15, 0.2) is 0 Å². The number of hydrogen-bond donors (Lipinski definition) is 3. The maximum Gasteiger partial charge on any atom is 0.410 e. The van der Waals surface area contributed by atoms with E-state index in [4.69, 9.17) is 4.74 Å². The Morgan fingerprint density at radius 1 is 0.527 bits per heavy atom. The number of piperidine rings is 4. The van der Waals surface area contributed by atoms with Gasteiger partial charge in [-0.1, -0.05) is 50.7 Å². The number of ether oxygens (including phenoxy) is 1. The number of benzene rings is 4. The monoisotopic (exact) mass is 1400 g/mol. The van der Waals surface area contributed by atoms with Crippen LogP contribution >= 0.6 is 24.8 Å². The molecule has 8 aliphatic heterocycles. The minimum Gasteiger partial charge on any atom is -0.444 e. The lowest BCUT2D eigenvalue weighted by molar-refractivity contribution is -0.0782. The van der Waals surface area contributed by atoms with Crippen molar-refractivity contribution in [2.75, 3.05) is 98.2 Å². The van der Waals surface area contributed by atoms with Crippen LogP contribution < -0.4 is 24.6 Å². The zero-order valence-electron chi connectivity index (χ0n) is 54.2. The second kappa shape index (κ2) is 28.9. The Labute approximate surface area is 562 Å². The van der Waals surface area contributed by atoms with Crippen molar-refractivity contribution in [3.05, 3.63) is 107 Å². The Morgan fingerprint density at radius 3 is 1.22 bits per heavy atom. The van der Waals surface area contributed by atoms with Gasteiger partial charge in [0.05, 0.1) is 56.9 Å². The number of nitrogens with one attached hydrogen (secondary N) is 3. The Morgan fingerprint density at radius 2 is 0.882 bits per heavy atom. The second-order valence-corrected chi connectivity index (χ2v) is 35.5. The molecule has 22 nitrogen and oxygen atoms in total. The van der Waals surface area contributed by atoms with Gasteiger partial charge in [-0.15, -0.1) is 24.8 Å². The Kier molecular flexibility index (Phi) is 22.4. The van der Waals surface area contributed by atoms with Gasteiger partial charge in [0.25, 0.3) is 11.8 Å². The second-order valence-electron chi connectivity index (χ2n) is 27.6. The number of hydrogen-bond acceptors (Lipinski definition) is 15. The summed E-state index contributed by atoms with van der Waals surface area (Å²) in [4.78, 5) is 46.7. The molecule has 28 heteroatoms. The molecule has 14 rings (SSSR count). The third kappa shape index (κ3) is 16.6. The molecule has 10 fully saturated rings. The Balaban J connectivity index is 0.000000217. The van der Waals surface area contributed by atoms with Crippen LogP contribution in [0.2, 0.25) is 0 Å². The highest BCUT2D eigenvalue weighted by Crippen LogP contribution is 2.42. The summed E-state index contributed by atoms with van der Waals surface area (Å²) >= 11 is 0. The summed E-state index contributed by atoms with van der Waals surface area (Å²) < 4.78 is 114. The minimum atomic E-state index is -3.67. The molecular weight excluding hydrogens is 1310 g/mol. The van der Waals surface area contributed by atoms with Gasteiger partial charge >= 0.3 is 6.09 Å². The predicted molar refractivity (Wildman–Crippen MR) is 366 cm³/mol. The summed E-state index contributed by atoms with van der Waals surface area (Å²) in [5.74, 6) is 1.79. The number of nitrogens with zero attached hydrogens (tertiary/aromatic N) is 7. The third-order valence-electron chi connectivity index (χ3n) is 20.1. The number of carbonyl (C=O) groups excluding carboxylic acids is 3. The Bertz CT molecular complexity index is 3800. The topological polar surface area (TPSA) is 256 Å². The molecule has 4 bridgehead atoms. The molecule has 8 heterocycles. The average Bonchev–Trinajstić information content (AvgIpc) is 0.775. The highest BCUT2D eigenvalue weighted by Gasteiger charge is 2.49. The van der Waals surface area contributed by atoms with E-state index in [0.717, 1.165) is 89.3 Å². The van der Waals surface area contributed by atoms with Gasteiger partial charge in [-0.2, -0.15) is 8.61 Å². The van der Waals surface area contributed by atoms with Gasteiger partial charge in [0.1, 0.15) is 5.60 Å². The number of fused-ring (bicyclic) bond motifs is 4. The van der Waals surface area contributed by atoms with E-state index in [-0.39, 0.29) is 75.3 Å². The van der Waals surface area contributed by atoms with Crippen LogP contribution in [0.15, 0.2) is 94.7 Å². The highest BCUT2D eigenvalue weighted by atomic mass is 35.5.